The highest BCUT2D eigenvalue weighted by atomic mass is 16.3. The van der Waals surface area contributed by atoms with Gasteiger partial charge in [0.05, 0.1) is 0 Å². The van der Waals surface area contributed by atoms with Gasteiger partial charge in [0, 0.05) is 31.8 Å². The van der Waals surface area contributed by atoms with Crippen LogP contribution in [-0.2, 0) is 4.79 Å². The van der Waals surface area contributed by atoms with Crippen molar-refractivity contribution in [1.82, 2.24) is 15.5 Å². The third-order valence-electron chi connectivity index (χ3n) is 4.20. The number of amides is 2. The van der Waals surface area contributed by atoms with E-state index in [1.165, 1.54) is 18.1 Å². The fourth-order valence-corrected chi connectivity index (χ4v) is 2.51. The van der Waals surface area contributed by atoms with Crippen molar-refractivity contribution in [1.29, 1.82) is 0 Å². The maximum Gasteiger partial charge on any atom is 0.263 e. The Labute approximate surface area is 178 Å². The van der Waals surface area contributed by atoms with Crippen LogP contribution in [-0.4, -0.2) is 48.7 Å². The predicted octanol–water partition coefficient (Wildman–Crippen LogP) is 2.36. The molecule has 6 nitrogen and oxygen atoms in total. The van der Waals surface area contributed by atoms with Crippen LogP contribution >= 0.6 is 0 Å². The number of likely N-dealkylation sites (N-methyl/N-ethyl adjacent to an activating group) is 2. The Bertz CT molecular complexity index is 858. The molecule has 0 aromatic heterocycles. The number of aliphatic hydroxyl groups is 1. The number of rotatable bonds is 10. The summed E-state index contributed by atoms with van der Waals surface area (Å²) in [5.74, 6) is 5.29. The Morgan fingerprint density at radius 1 is 1.27 bits per heavy atom. The van der Waals surface area contributed by atoms with Gasteiger partial charge < -0.3 is 20.6 Å². The number of benzene rings is 1. The standard InChI is InChI=1S/C24H29N3O3/c1-5-19(13-10-18-28)11-8-7-9-12-20-14-16-21(17-15-20)24(30)27(4)22(26-6-2)23(29)25-3/h5-8,11,14-17,22,26,28H,1-2,10,13,18H2,3-4H3,(H,25,29)/b8-7+,19-11+. The molecule has 1 rings (SSSR count). The van der Waals surface area contributed by atoms with Crippen molar-refractivity contribution >= 4 is 11.8 Å². The molecular weight excluding hydrogens is 378 g/mol. The number of hydrogen-bond donors (Lipinski definition) is 3. The smallest absolute Gasteiger partial charge is 0.263 e. The lowest BCUT2D eigenvalue weighted by Crippen LogP contribution is -2.53. The Hall–Kier alpha value is -3.56. The molecule has 1 aromatic carbocycles. The zero-order chi connectivity index (χ0) is 22.4. The summed E-state index contributed by atoms with van der Waals surface area (Å²) < 4.78 is 0. The molecule has 0 saturated heterocycles. The molecule has 0 fully saturated rings. The van der Waals surface area contributed by atoms with E-state index in [2.05, 4.69) is 35.6 Å². The first-order valence-corrected chi connectivity index (χ1v) is 9.54. The van der Waals surface area contributed by atoms with Gasteiger partial charge in [-0.2, -0.15) is 0 Å². The van der Waals surface area contributed by atoms with Gasteiger partial charge in [-0.3, -0.25) is 9.59 Å². The first-order valence-electron chi connectivity index (χ1n) is 9.54. The van der Waals surface area contributed by atoms with E-state index < -0.39 is 6.17 Å². The molecule has 30 heavy (non-hydrogen) atoms. The van der Waals surface area contributed by atoms with Gasteiger partial charge >= 0.3 is 0 Å². The first-order chi connectivity index (χ1) is 14.5. The highest BCUT2D eigenvalue weighted by Crippen LogP contribution is 2.09. The van der Waals surface area contributed by atoms with Crippen LogP contribution in [0.2, 0.25) is 0 Å². The van der Waals surface area contributed by atoms with Crippen LogP contribution in [0.1, 0.15) is 28.8 Å². The van der Waals surface area contributed by atoms with Gasteiger partial charge in [0.2, 0.25) is 0 Å². The lowest BCUT2D eigenvalue weighted by molar-refractivity contribution is -0.125. The molecule has 3 N–H and O–H groups in total. The van der Waals surface area contributed by atoms with Crippen LogP contribution in [0.15, 0.2) is 73.5 Å². The summed E-state index contributed by atoms with van der Waals surface area (Å²) in [7, 11) is 3.05. The molecular formula is C24H29N3O3. The van der Waals surface area contributed by atoms with Crippen LogP contribution in [0.5, 0.6) is 0 Å². The molecule has 0 aliphatic heterocycles. The molecule has 0 saturated carbocycles. The maximum atomic E-state index is 12.7. The monoisotopic (exact) mass is 407 g/mol. The minimum Gasteiger partial charge on any atom is -0.396 e. The van der Waals surface area contributed by atoms with E-state index in [4.69, 9.17) is 5.11 Å². The average Bonchev–Trinajstić information content (AvgIpc) is 2.78. The third-order valence-corrected chi connectivity index (χ3v) is 4.20. The van der Waals surface area contributed by atoms with Crippen molar-refractivity contribution in [3.8, 4) is 11.8 Å². The predicted molar refractivity (Wildman–Crippen MR) is 120 cm³/mol. The van der Waals surface area contributed by atoms with Crippen LogP contribution in [0.4, 0.5) is 0 Å². The number of nitrogens with zero attached hydrogens (tertiary/aromatic N) is 1. The lowest BCUT2D eigenvalue weighted by atomic mass is 10.1. The topological polar surface area (TPSA) is 81.7 Å². The minimum atomic E-state index is -0.851. The van der Waals surface area contributed by atoms with Gasteiger partial charge in [0.1, 0.15) is 0 Å². The maximum absolute atomic E-state index is 12.7. The van der Waals surface area contributed by atoms with Crippen molar-refractivity contribution in [3.63, 3.8) is 0 Å². The SMILES string of the molecule is C=CNC(C(=O)NC)N(C)C(=O)c1ccc(C#C/C=C/C=C(\C=C)CCCO)cc1. The van der Waals surface area contributed by atoms with Crippen LogP contribution in [0.3, 0.4) is 0 Å². The van der Waals surface area contributed by atoms with Crippen molar-refractivity contribution in [2.45, 2.75) is 19.0 Å². The quantitative estimate of drug-likeness (QED) is 0.316. The molecule has 158 valence electrons. The summed E-state index contributed by atoms with van der Waals surface area (Å²) in [5.41, 5.74) is 2.25. The molecule has 2 amide bonds. The van der Waals surface area contributed by atoms with Crippen LogP contribution in [0, 0.1) is 11.8 Å². The molecule has 0 bridgehead atoms. The summed E-state index contributed by atoms with van der Waals surface area (Å²) in [6.07, 6.45) is 9.22. The summed E-state index contributed by atoms with van der Waals surface area (Å²) in [6, 6.07) is 6.85. The van der Waals surface area contributed by atoms with Crippen molar-refractivity contribution in [2.24, 2.45) is 0 Å². The van der Waals surface area contributed by atoms with E-state index >= 15 is 0 Å². The molecule has 1 unspecified atom stereocenters. The Kier molecular flexibility index (Phi) is 11.1. The molecule has 0 spiro atoms. The van der Waals surface area contributed by atoms with Crippen LogP contribution in [0.25, 0.3) is 0 Å². The second-order valence-electron chi connectivity index (χ2n) is 6.28. The molecule has 6 heteroatoms. The molecule has 0 heterocycles. The third kappa shape index (κ3) is 7.82. The summed E-state index contributed by atoms with van der Waals surface area (Å²) in [4.78, 5) is 25.9. The normalized spacial score (nSPS) is 11.8. The van der Waals surface area contributed by atoms with Gasteiger partial charge in [-0.25, -0.2) is 0 Å². The zero-order valence-electron chi connectivity index (χ0n) is 17.5. The van der Waals surface area contributed by atoms with E-state index in [1.54, 1.807) is 43.5 Å². The van der Waals surface area contributed by atoms with Crippen molar-refractivity contribution in [2.75, 3.05) is 20.7 Å². The van der Waals surface area contributed by atoms with E-state index in [0.29, 0.717) is 12.0 Å². The molecule has 1 aromatic rings. The van der Waals surface area contributed by atoms with Gasteiger partial charge in [-0.1, -0.05) is 43.2 Å². The number of carbonyl (C=O) groups is 2. The number of hydrogen-bond acceptors (Lipinski definition) is 4. The fraction of sp³-hybridized carbons (Fsp3) is 0.250. The average molecular weight is 408 g/mol. The number of aliphatic hydroxyl groups excluding tert-OH is 1. The van der Waals surface area contributed by atoms with Gasteiger partial charge in [0.15, 0.2) is 6.17 Å². The minimum absolute atomic E-state index is 0.153. The Morgan fingerprint density at radius 3 is 2.53 bits per heavy atom. The second kappa shape index (κ2) is 13.6. The van der Waals surface area contributed by atoms with E-state index in [0.717, 1.165) is 17.6 Å². The number of carbonyl (C=O) groups excluding carboxylic acids is 2. The van der Waals surface area contributed by atoms with E-state index in [9.17, 15) is 9.59 Å². The highest BCUT2D eigenvalue weighted by molar-refractivity contribution is 5.97. The Balaban J connectivity index is 2.81. The molecule has 0 aliphatic carbocycles. The van der Waals surface area contributed by atoms with Gasteiger partial charge in [0.25, 0.3) is 11.8 Å². The van der Waals surface area contributed by atoms with Crippen LogP contribution < -0.4 is 10.6 Å². The number of nitrogens with one attached hydrogen (secondary N) is 2. The fourth-order valence-electron chi connectivity index (χ4n) is 2.51. The lowest BCUT2D eigenvalue weighted by Gasteiger charge is -2.26. The van der Waals surface area contributed by atoms with Gasteiger partial charge in [-0.05, 0) is 55.0 Å². The van der Waals surface area contributed by atoms with E-state index in [1.807, 2.05) is 12.2 Å². The van der Waals surface area contributed by atoms with E-state index in [-0.39, 0.29) is 18.4 Å². The molecule has 1 atom stereocenters. The summed E-state index contributed by atoms with van der Waals surface area (Å²) in [5, 5.41) is 14.1. The first kappa shape index (κ1) is 24.5. The second-order valence-corrected chi connectivity index (χ2v) is 6.28. The van der Waals surface area contributed by atoms with Crippen molar-refractivity contribution < 1.29 is 14.7 Å². The summed E-state index contributed by atoms with van der Waals surface area (Å²) >= 11 is 0. The highest BCUT2D eigenvalue weighted by Gasteiger charge is 2.25. The largest absolute Gasteiger partial charge is 0.396 e. The zero-order valence-corrected chi connectivity index (χ0v) is 17.5. The molecule has 0 radical (unpaired) electrons. The number of allylic oxidation sites excluding steroid dienone is 5. The summed E-state index contributed by atoms with van der Waals surface area (Å²) in [6.45, 7) is 7.45. The van der Waals surface area contributed by atoms with Crippen molar-refractivity contribution in [3.05, 3.63) is 84.6 Å². The molecule has 0 aliphatic rings. The van der Waals surface area contributed by atoms with Gasteiger partial charge in [-0.15, -0.1) is 0 Å². The Morgan fingerprint density at radius 2 is 1.97 bits per heavy atom.